The summed E-state index contributed by atoms with van der Waals surface area (Å²) in [6, 6.07) is -1.23. The van der Waals surface area contributed by atoms with Crippen molar-refractivity contribution in [1.29, 1.82) is 0 Å². The third-order valence-corrected chi connectivity index (χ3v) is 3.36. The maximum absolute atomic E-state index is 11.8. The lowest BCUT2D eigenvalue weighted by Gasteiger charge is -2.19. The monoisotopic (exact) mass is 315 g/mol. The maximum Gasteiger partial charge on any atom is 0.320 e. The molecule has 0 aliphatic heterocycles. The Bertz CT molecular complexity index is 361. The normalized spacial score (nSPS) is 13.4. The van der Waals surface area contributed by atoms with Gasteiger partial charge in [-0.1, -0.05) is 32.6 Å². The molecule has 128 valence electrons. The zero-order chi connectivity index (χ0) is 17.0. The van der Waals surface area contributed by atoms with Crippen LogP contribution in [-0.4, -0.2) is 41.5 Å². The summed E-state index contributed by atoms with van der Waals surface area (Å²) in [5.41, 5.74) is 5.16. The Morgan fingerprint density at radius 3 is 2.32 bits per heavy atom. The molecule has 0 aliphatic carbocycles. The van der Waals surface area contributed by atoms with Gasteiger partial charge in [0, 0.05) is 19.4 Å². The maximum atomic E-state index is 11.8. The minimum Gasteiger partial charge on any atom is -0.480 e. The summed E-state index contributed by atoms with van der Waals surface area (Å²) in [5, 5.41) is 14.3. The number of carboxylic acids is 1. The van der Waals surface area contributed by atoms with Crippen molar-refractivity contribution in [3.8, 4) is 0 Å². The Balaban J connectivity index is 4.13. The van der Waals surface area contributed by atoms with E-state index in [2.05, 4.69) is 17.6 Å². The molecule has 2 amide bonds. The van der Waals surface area contributed by atoms with Gasteiger partial charge in [-0.05, 0) is 13.3 Å². The van der Waals surface area contributed by atoms with Crippen LogP contribution in [0.4, 0.5) is 0 Å². The average Bonchev–Trinajstić information content (AvgIpc) is 2.43. The molecule has 2 atom stereocenters. The SMILES string of the molecule is CCCCCCCC(=O)N[C@@H](CN[C@@H](C)C(=O)O)CC(N)=O. The van der Waals surface area contributed by atoms with E-state index in [1.807, 2.05) is 0 Å². The molecule has 0 saturated carbocycles. The molecule has 0 aromatic rings. The van der Waals surface area contributed by atoms with Crippen LogP contribution >= 0.6 is 0 Å². The molecule has 0 unspecified atom stereocenters. The van der Waals surface area contributed by atoms with E-state index in [4.69, 9.17) is 10.8 Å². The first kappa shape index (κ1) is 20.4. The first-order valence-corrected chi connectivity index (χ1v) is 7.90. The van der Waals surface area contributed by atoms with Crippen LogP contribution < -0.4 is 16.4 Å². The fourth-order valence-corrected chi connectivity index (χ4v) is 2.01. The van der Waals surface area contributed by atoms with Crippen molar-refractivity contribution in [2.75, 3.05) is 6.54 Å². The quantitative estimate of drug-likeness (QED) is 0.374. The molecule has 0 bridgehead atoms. The Hall–Kier alpha value is -1.63. The molecule has 0 rings (SSSR count). The molecule has 7 heteroatoms. The molecule has 0 aliphatic rings. The second kappa shape index (κ2) is 12.0. The molecule has 0 heterocycles. The molecule has 0 saturated heterocycles. The van der Waals surface area contributed by atoms with Crippen LogP contribution in [0, 0.1) is 0 Å². The van der Waals surface area contributed by atoms with Crippen LogP contribution in [0.2, 0.25) is 0 Å². The number of hydrogen-bond acceptors (Lipinski definition) is 4. The molecule has 7 nitrogen and oxygen atoms in total. The summed E-state index contributed by atoms with van der Waals surface area (Å²) < 4.78 is 0. The Morgan fingerprint density at radius 2 is 1.77 bits per heavy atom. The number of hydrogen-bond donors (Lipinski definition) is 4. The topological polar surface area (TPSA) is 122 Å². The van der Waals surface area contributed by atoms with Crippen molar-refractivity contribution in [3.05, 3.63) is 0 Å². The lowest BCUT2D eigenvalue weighted by molar-refractivity contribution is -0.139. The van der Waals surface area contributed by atoms with Crippen LogP contribution in [0.1, 0.15) is 58.8 Å². The van der Waals surface area contributed by atoms with Gasteiger partial charge in [0.2, 0.25) is 11.8 Å². The van der Waals surface area contributed by atoms with E-state index in [1.54, 1.807) is 0 Å². The summed E-state index contributed by atoms with van der Waals surface area (Å²) in [5.74, 6) is -1.65. The largest absolute Gasteiger partial charge is 0.480 e. The minimum atomic E-state index is -0.986. The Kier molecular flexibility index (Phi) is 11.1. The first-order chi connectivity index (χ1) is 10.4. The number of nitrogens with two attached hydrogens (primary N) is 1. The molecule has 0 aromatic heterocycles. The van der Waals surface area contributed by atoms with Crippen LogP contribution in [0.15, 0.2) is 0 Å². The van der Waals surface area contributed by atoms with Crippen LogP contribution in [0.5, 0.6) is 0 Å². The predicted molar refractivity (Wildman–Crippen MR) is 84.2 cm³/mol. The summed E-state index contributed by atoms with van der Waals surface area (Å²) in [6.45, 7) is 3.82. The van der Waals surface area contributed by atoms with Crippen LogP contribution in [0.3, 0.4) is 0 Å². The Labute approximate surface area is 132 Å². The number of aliphatic carboxylic acids is 1. The van der Waals surface area contributed by atoms with Gasteiger partial charge in [-0.3, -0.25) is 14.4 Å². The van der Waals surface area contributed by atoms with Gasteiger partial charge in [0.1, 0.15) is 6.04 Å². The van der Waals surface area contributed by atoms with Crippen molar-refractivity contribution in [2.24, 2.45) is 5.73 Å². The van der Waals surface area contributed by atoms with E-state index in [0.717, 1.165) is 25.7 Å². The molecular formula is C15H29N3O4. The lowest BCUT2D eigenvalue weighted by Crippen LogP contribution is -2.47. The molecule has 0 spiro atoms. The number of nitrogens with one attached hydrogen (secondary N) is 2. The molecule has 0 aromatic carbocycles. The highest BCUT2D eigenvalue weighted by molar-refractivity contribution is 5.79. The van der Waals surface area contributed by atoms with E-state index in [1.165, 1.54) is 13.3 Å². The van der Waals surface area contributed by atoms with Crippen molar-refractivity contribution in [3.63, 3.8) is 0 Å². The van der Waals surface area contributed by atoms with Gasteiger partial charge in [-0.2, -0.15) is 0 Å². The number of carbonyl (C=O) groups is 3. The van der Waals surface area contributed by atoms with Crippen molar-refractivity contribution >= 4 is 17.8 Å². The molecule has 0 radical (unpaired) electrons. The summed E-state index contributed by atoms with van der Waals surface area (Å²) in [7, 11) is 0. The highest BCUT2D eigenvalue weighted by Gasteiger charge is 2.17. The number of carboxylic acid groups (broad SMARTS) is 1. The minimum absolute atomic E-state index is 0.0130. The van der Waals surface area contributed by atoms with E-state index in [9.17, 15) is 14.4 Å². The fraction of sp³-hybridized carbons (Fsp3) is 0.800. The van der Waals surface area contributed by atoms with Crippen LogP contribution in [0.25, 0.3) is 0 Å². The second-order valence-corrected chi connectivity index (χ2v) is 5.57. The zero-order valence-corrected chi connectivity index (χ0v) is 13.6. The Morgan fingerprint density at radius 1 is 1.14 bits per heavy atom. The van der Waals surface area contributed by atoms with Crippen molar-refractivity contribution < 1.29 is 19.5 Å². The molecule has 0 fully saturated rings. The number of unbranched alkanes of at least 4 members (excludes halogenated alkanes) is 4. The summed E-state index contributed by atoms with van der Waals surface area (Å²) in [6.07, 6.45) is 5.66. The molecule has 5 N–H and O–H groups in total. The standard InChI is InChI=1S/C15H29N3O4/c1-3-4-5-6-7-8-14(20)18-12(9-13(16)19)10-17-11(2)15(21)22/h11-12,17H,3-10H2,1-2H3,(H2,16,19)(H,18,20)(H,21,22)/t11-,12+/m0/s1. The average molecular weight is 315 g/mol. The van der Waals surface area contributed by atoms with Gasteiger partial charge in [0.15, 0.2) is 0 Å². The van der Waals surface area contributed by atoms with Crippen molar-refractivity contribution in [1.82, 2.24) is 10.6 Å². The molecule has 22 heavy (non-hydrogen) atoms. The van der Waals surface area contributed by atoms with Crippen LogP contribution in [-0.2, 0) is 14.4 Å². The van der Waals surface area contributed by atoms with E-state index >= 15 is 0 Å². The number of amides is 2. The number of primary amides is 1. The molecular weight excluding hydrogens is 286 g/mol. The smallest absolute Gasteiger partial charge is 0.320 e. The first-order valence-electron chi connectivity index (χ1n) is 7.90. The highest BCUT2D eigenvalue weighted by Crippen LogP contribution is 2.05. The highest BCUT2D eigenvalue weighted by atomic mass is 16.4. The number of rotatable bonds is 13. The van der Waals surface area contributed by atoms with Gasteiger partial charge in [-0.25, -0.2) is 0 Å². The van der Waals surface area contributed by atoms with E-state index in [-0.39, 0.29) is 18.9 Å². The van der Waals surface area contributed by atoms with Gasteiger partial charge in [-0.15, -0.1) is 0 Å². The van der Waals surface area contributed by atoms with Gasteiger partial charge >= 0.3 is 5.97 Å². The predicted octanol–water partition coefficient (Wildman–Crippen LogP) is 0.770. The summed E-state index contributed by atoms with van der Waals surface area (Å²) >= 11 is 0. The third kappa shape index (κ3) is 11.1. The van der Waals surface area contributed by atoms with E-state index < -0.39 is 24.0 Å². The zero-order valence-electron chi connectivity index (χ0n) is 13.6. The third-order valence-electron chi connectivity index (χ3n) is 3.36. The number of carbonyl (C=O) groups excluding carboxylic acids is 2. The van der Waals surface area contributed by atoms with Gasteiger partial charge in [0.05, 0.1) is 6.04 Å². The summed E-state index contributed by atoms with van der Waals surface area (Å²) in [4.78, 5) is 33.6. The second-order valence-electron chi connectivity index (χ2n) is 5.57. The van der Waals surface area contributed by atoms with Gasteiger partial charge < -0.3 is 21.5 Å². The fourth-order valence-electron chi connectivity index (χ4n) is 2.01. The van der Waals surface area contributed by atoms with Crippen molar-refractivity contribution in [2.45, 2.75) is 70.9 Å². The van der Waals surface area contributed by atoms with Gasteiger partial charge in [0.25, 0.3) is 0 Å². The van der Waals surface area contributed by atoms with E-state index in [0.29, 0.717) is 6.42 Å². The lowest BCUT2D eigenvalue weighted by atomic mass is 10.1.